The molecule has 2 aromatic rings. The summed E-state index contributed by atoms with van der Waals surface area (Å²) in [6, 6.07) is 13.4. The van der Waals surface area contributed by atoms with Gasteiger partial charge in [-0.3, -0.25) is 9.10 Å². The second-order valence-corrected chi connectivity index (χ2v) is 7.38. The van der Waals surface area contributed by atoms with Crippen LogP contribution >= 0.6 is 0 Å². The fourth-order valence-corrected chi connectivity index (χ4v) is 3.15. The smallest absolute Gasteiger partial charge is 0.245 e. The van der Waals surface area contributed by atoms with Crippen LogP contribution in [0.15, 0.2) is 48.5 Å². The molecule has 0 fully saturated rings. The number of ether oxygens (including phenoxy) is 2. The highest BCUT2D eigenvalue weighted by molar-refractivity contribution is 7.92. The Hall–Kier alpha value is -2.74. The van der Waals surface area contributed by atoms with Gasteiger partial charge in [0.2, 0.25) is 15.9 Å². The van der Waals surface area contributed by atoms with Crippen LogP contribution < -0.4 is 19.1 Å². The van der Waals surface area contributed by atoms with Gasteiger partial charge < -0.3 is 14.8 Å². The van der Waals surface area contributed by atoms with E-state index in [1.807, 2.05) is 6.92 Å². The van der Waals surface area contributed by atoms with Crippen molar-refractivity contribution in [3.8, 4) is 11.5 Å². The maximum absolute atomic E-state index is 12.3. The van der Waals surface area contributed by atoms with Crippen LogP contribution in [0.4, 0.5) is 11.4 Å². The standard InChI is InChI=1S/C18H22N2O5S/c1-4-25-17-7-5-6-15(12-17)20(26(3,22)23)13-18(21)19-14-8-10-16(24-2)11-9-14/h5-12H,4,13H2,1-3H3,(H,19,21). The van der Waals surface area contributed by atoms with E-state index in [9.17, 15) is 13.2 Å². The molecular weight excluding hydrogens is 356 g/mol. The first kappa shape index (κ1) is 19.6. The van der Waals surface area contributed by atoms with E-state index in [2.05, 4.69) is 5.32 Å². The highest BCUT2D eigenvalue weighted by Gasteiger charge is 2.21. The van der Waals surface area contributed by atoms with E-state index in [-0.39, 0.29) is 6.54 Å². The van der Waals surface area contributed by atoms with E-state index in [4.69, 9.17) is 9.47 Å². The molecule has 0 unspecified atom stereocenters. The summed E-state index contributed by atoms with van der Waals surface area (Å²) in [5.41, 5.74) is 0.913. The minimum Gasteiger partial charge on any atom is -0.497 e. The Labute approximate surface area is 153 Å². The van der Waals surface area contributed by atoms with Gasteiger partial charge in [0, 0.05) is 11.8 Å². The van der Waals surface area contributed by atoms with E-state index in [1.54, 1.807) is 55.6 Å². The van der Waals surface area contributed by atoms with Crippen LogP contribution in [0.1, 0.15) is 6.92 Å². The SMILES string of the molecule is CCOc1cccc(N(CC(=O)Nc2ccc(OC)cc2)S(C)(=O)=O)c1. The number of rotatable bonds is 8. The number of methoxy groups -OCH3 is 1. The van der Waals surface area contributed by atoms with Crippen molar-refractivity contribution in [2.24, 2.45) is 0 Å². The number of nitrogens with one attached hydrogen (secondary N) is 1. The number of nitrogens with zero attached hydrogens (tertiary/aromatic N) is 1. The minimum atomic E-state index is -3.65. The second kappa shape index (κ2) is 8.57. The first-order valence-corrected chi connectivity index (χ1v) is 9.82. The molecule has 0 aromatic heterocycles. The van der Waals surface area contributed by atoms with Crippen molar-refractivity contribution in [3.63, 3.8) is 0 Å². The molecular formula is C18H22N2O5S. The molecule has 2 aromatic carbocycles. The summed E-state index contributed by atoms with van der Waals surface area (Å²) in [4.78, 5) is 12.3. The van der Waals surface area contributed by atoms with Crippen molar-refractivity contribution < 1.29 is 22.7 Å². The lowest BCUT2D eigenvalue weighted by Crippen LogP contribution is -2.37. The van der Waals surface area contributed by atoms with Gasteiger partial charge in [0.25, 0.3) is 0 Å². The van der Waals surface area contributed by atoms with Crippen molar-refractivity contribution in [1.82, 2.24) is 0 Å². The molecule has 2 rings (SSSR count). The highest BCUT2D eigenvalue weighted by atomic mass is 32.2. The lowest BCUT2D eigenvalue weighted by molar-refractivity contribution is -0.114. The number of benzene rings is 2. The van der Waals surface area contributed by atoms with Crippen LogP contribution in [0, 0.1) is 0 Å². The van der Waals surface area contributed by atoms with Gasteiger partial charge in [0.05, 0.1) is 25.7 Å². The largest absolute Gasteiger partial charge is 0.497 e. The molecule has 1 N–H and O–H groups in total. The lowest BCUT2D eigenvalue weighted by Gasteiger charge is -2.22. The van der Waals surface area contributed by atoms with E-state index >= 15 is 0 Å². The number of carbonyl (C=O) groups is 1. The van der Waals surface area contributed by atoms with Gasteiger partial charge in [-0.05, 0) is 43.3 Å². The Morgan fingerprint density at radius 3 is 2.38 bits per heavy atom. The summed E-state index contributed by atoms with van der Waals surface area (Å²) in [7, 11) is -2.10. The monoisotopic (exact) mass is 378 g/mol. The van der Waals surface area contributed by atoms with Crippen LogP contribution in [-0.2, 0) is 14.8 Å². The molecule has 0 saturated heterocycles. The minimum absolute atomic E-state index is 0.347. The van der Waals surface area contributed by atoms with Gasteiger partial charge in [0.15, 0.2) is 0 Å². The molecule has 26 heavy (non-hydrogen) atoms. The van der Waals surface area contributed by atoms with E-state index in [0.717, 1.165) is 10.6 Å². The molecule has 0 saturated carbocycles. The van der Waals surface area contributed by atoms with Crippen molar-refractivity contribution >= 4 is 27.3 Å². The van der Waals surface area contributed by atoms with Crippen LogP contribution in [0.2, 0.25) is 0 Å². The number of hydrogen-bond acceptors (Lipinski definition) is 5. The van der Waals surface area contributed by atoms with Gasteiger partial charge in [0.1, 0.15) is 18.0 Å². The first-order chi connectivity index (χ1) is 12.3. The number of carbonyl (C=O) groups excluding carboxylic acids is 1. The van der Waals surface area contributed by atoms with Crippen molar-refractivity contribution in [3.05, 3.63) is 48.5 Å². The summed E-state index contributed by atoms with van der Waals surface area (Å²) in [5.74, 6) is 0.741. The first-order valence-electron chi connectivity index (χ1n) is 7.98. The lowest BCUT2D eigenvalue weighted by atomic mass is 10.3. The predicted octanol–water partition coefficient (Wildman–Crippen LogP) is 2.50. The van der Waals surface area contributed by atoms with Gasteiger partial charge >= 0.3 is 0 Å². The molecule has 8 heteroatoms. The molecule has 0 aliphatic carbocycles. The number of sulfonamides is 1. The zero-order valence-electron chi connectivity index (χ0n) is 14.9. The van der Waals surface area contributed by atoms with Crippen molar-refractivity contribution in [1.29, 1.82) is 0 Å². The third-order valence-corrected chi connectivity index (χ3v) is 4.62. The molecule has 0 bridgehead atoms. The third-order valence-electron chi connectivity index (χ3n) is 3.48. The summed E-state index contributed by atoms with van der Waals surface area (Å²) in [5, 5.41) is 2.67. The zero-order chi connectivity index (χ0) is 19.2. The highest BCUT2D eigenvalue weighted by Crippen LogP contribution is 2.23. The molecule has 0 spiro atoms. The van der Waals surface area contributed by atoms with Crippen molar-refractivity contribution in [2.75, 3.05) is 36.1 Å². The molecule has 140 valence electrons. The van der Waals surface area contributed by atoms with Gasteiger partial charge in [-0.2, -0.15) is 0 Å². The zero-order valence-corrected chi connectivity index (χ0v) is 15.7. The predicted molar refractivity (Wildman–Crippen MR) is 101 cm³/mol. The number of anilines is 2. The molecule has 0 aliphatic rings. The maximum atomic E-state index is 12.3. The maximum Gasteiger partial charge on any atom is 0.245 e. The topological polar surface area (TPSA) is 84.9 Å². The Balaban J connectivity index is 2.17. The summed E-state index contributed by atoms with van der Waals surface area (Å²) < 4.78 is 35.8. The molecule has 1 amide bonds. The molecule has 7 nitrogen and oxygen atoms in total. The van der Waals surface area contributed by atoms with E-state index in [1.165, 1.54) is 0 Å². The Kier molecular flexibility index (Phi) is 6.46. The van der Waals surface area contributed by atoms with Crippen LogP contribution in [0.25, 0.3) is 0 Å². The van der Waals surface area contributed by atoms with Crippen LogP contribution in [0.3, 0.4) is 0 Å². The average molecular weight is 378 g/mol. The number of amides is 1. The van der Waals surface area contributed by atoms with Gasteiger partial charge in [-0.25, -0.2) is 8.42 Å². The summed E-state index contributed by atoms with van der Waals surface area (Å²) >= 11 is 0. The van der Waals surface area contributed by atoms with E-state index in [0.29, 0.717) is 29.5 Å². The van der Waals surface area contributed by atoms with Gasteiger partial charge in [-0.1, -0.05) is 6.07 Å². The fraction of sp³-hybridized carbons (Fsp3) is 0.278. The molecule has 0 aliphatic heterocycles. The number of hydrogen-bond donors (Lipinski definition) is 1. The molecule has 0 radical (unpaired) electrons. The van der Waals surface area contributed by atoms with Gasteiger partial charge in [-0.15, -0.1) is 0 Å². The Bertz CT molecular complexity index is 850. The van der Waals surface area contributed by atoms with Crippen LogP contribution in [0.5, 0.6) is 11.5 Å². The normalized spacial score (nSPS) is 10.9. The Morgan fingerprint density at radius 2 is 1.81 bits per heavy atom. The fourth-order valence-electron chi connectivity index (χ4n) is 2.30. The molecule has 0 heterocycles. The summed E-state index contributed by atoms with van der Waals surface area (Å²) in [6.45, 7) is 1.95. The molecule has 0 atom stereocenters. The third kappa shape index (κ3) is 5.38. The quantitative estimate of drug-likeness (QED) is 0.763. The second-order valence-electron chi connectivity index (χ2n) is 5.48. The average Bonchev–Trinajstić information content (AvgIpc) is 2.60. The van der Waals surface area contributed by atoms with Crippen molar-refractivity contribution in [2.45, 2.75) is 6.92 Å². The van der Waals surface area contributed by atoms with E-state index < -0.39 is 15.9 Å². The Morgan fingerprint density at radius 1 is 1.12 bits per heavy atom. The summed E-state index contributed by atoms with van der Waals surface area (Å²) in [6.07, 6.45) is 1.06. The van der Waals surface area contributed by atoms with Crippen LogP contribution in [-0.4, -0.2) is 40.8 Å².